The summed E-state index contributed by atoms with van der Waals surface area (Å²) in [6, 6.07) is 5.79. The van der Waals surface area contributed by atoms with E-state index >= 15 is 0 Å². The number of hydrogen-bond acceptors (Lipinski definition) is 2. The van der Waals surface area contributed by atoms with Crippen LogP contribution < -0.4 is 0 Å². The number of hydrogen-bond donors (Lipinski definition) is 1. The summed E-state index contributed by atoms with van der Waals surface area (Å²) >= 11 is 0. The number of carboxylic acid groups (broad SMARTS) is 1. The van der Waals surface area contributed by atoms with E-state index in [9.17, 15) is 4.79 Å². The van der Waals surface area contributed by atoms with Crippen molar-refractivity contribution in [1.82, 2.24) is 14.3 Å². The first kappa shape index (κ1) is 9.89. The van der Waals surface area contributed by atoms with Crippen molar-refractivity contribution in [3.63, 3.8) is 0 Å². The summed E-state index contributed by atoms with van der Waals surface area (Å²) in [6.07, 6.45) is 4.87. The van der Waals surface area contributed by atoms with Crippen LogP contribution in [-0.4, -0.2) is 38.6 Å². The predicted octanol–water partition coefficient (Wildman–Crippen LogP) is 1.71. The number of rotatable bonds is 1. The lowest BCUT2D eigenvalue weighted by molar-refractivity contribution is 0.158. The Kier molecular flexibility index (Phi) is 2.11. The zero-order valence-electron chi connectivity index (χ0n) is 9.08. The van der Waals surface area contributed by atoms with Gasteiger partial charge < -0.3 is 14.4 Å². The van der Waals surface area contributed by atoms with Crippen LogP contribution in [0.3, 0.4) is 0 Å². The van der Waals surface area contributed by atoms with Gasteiger partial charge in [0.15, 0.2) is 0 Å². The average molecular weight is 229 g/mol. The van der Waals surface area contributed by atoms with Crippen molar-refractivity contribution in [3.05, 3.63) is 42.4 Å². The number of nitrogens with zero attached hydrogens (tertiary/aromatic N) is 3. The number of fused-ring (bicyclic) bond motifs is 1. The Morgan fingerprint density at radius 1 is 1.41 bits per heavy atom. The lowest BCUT2D eigenvalue weighted by atomic mass is 10.2. The molecule has 0 fully saturated rings. The topological polar surface area (TPSA) is 57.8 Å². The fraction of sp³-hybridized carbons (Fsp3) is 0.167. The Hall–Kier alpha value is -2.30. The molecule has 1 amide bonds. The molecule has 17 heavy (non-hydrogen) atoms. The predicted molar refractivity (Wildman–Crippen MR) is 62.8 cm³/mol. The molecule has 0 unspecified atom stereocenters. The molecule has 0 aliphatic carbocycles. The Morgan fingerprint density at radius 2 is 2.29 bits per heavy atom. The highest BCUT2D eigenvalue weighted by molar-refractivity contribution is 5.75. The SMILES string of the molecule is O=C(O)N1CC=C(c2cn3ccccc3n2)C1. The van der Waals surface area contributed by atoms with Crippen LogP contribution in [-0.2, 0) is 0 Å². The molecule has 3 rings (SSSR count). The standard InChI is InChI=1S/C12H11N3O2/c16-12(17)15-6-4-9(7-15)10-8-14-5-2-1-3-11(14)13-10/h1-5,8H,6-7H2,(H,16,17). The van der Waals surface area contributed by atoms with E-state index in [0.717, 1.165) is 16.9 Å². The molecule has 0 spiro atoms. The van der Waals surface area contributed by atoms with E-state index in [1.165, 1.54) is 4.90 Å². The minimum Gasteiger partial charge on any atom is -0.465 e. The van der Waals surface area contributed by atoms with E-state index < -0.39 is 6.09 Å². The number of amides is 1. The molecule has 0 atom stereocenters. The fourth-order valence-electron chi connectivity index (χ4n) is 1.98. The van der Waals surface area contributed by atoms with Gasteiger partial charge >= 0.3 is 6.09 Å². The maximum atomic E-state index is 10.8. The highest BCUT2D eigenvalue weighted by Gasteiger charge is 2.20. The Bertz CT molecular complexity index is 582. The minimum atomic E-state index is -0.889. The smallest absolute Gasteiger partial charge is 0.407 e. The third kappa shape index (κ3) is 1.65. The highest BCUT2D eigenvalue weighted by Crippen LogP contribution is 2.20. The molecule has 86 valence electrons. The van der Waals surface area contributed by atoms with Gasteiger partial charge in [-0.05, 0) is 17.7 Å². The van der Waals surface area contributed by atoms with Crippen molar-refractivity contribution >= 4 is 17.3 Å². The molecule has 2 aromatic heterocycles. The van der Waals surface area contributed by atoms with Gasteiger partial charge in [-0.1, -0.05) is 12.1 Å². The van der Waals surface area contributed by atoms with Crippen molar-refractivity contribution < 1.29 is 9.90 Å². The van der Waals surface area contributed by atoms with E-state index in [0.29, 0.717) is 13.1 Å². The molecular formula is C12H11N3O2. The molecular weight excluding hydrogens is 218 g/mol. The molecule has 0 saturated carbocycles. The normalized spacial score (nSPS) is 15.3. The Labute approximate surface area is 97.6 Å². The number of pyridine rings is 1. The zero-order chi connectivity index (χ0) is 11.8. The van der Waals surface area contributed by atoms with Crippen LogP contribution in [0.25, 0.3) is 11.2 Å². The Balaban J connectivity index is 1.93. The second-order valence-corrected chi connectivity index (χ2v) is 3.98. The van der Waals surface area contributed by atoms with E-state index in [2.05, 4.69) is 4.98 Å². The maximum Gasteiger partial charge on any atom is 0.407 e. The van der Waals surface area contributed by atoms with Gasteiger partial charge in [0.05, 0.1) is 12.2 Å². The van der Waals surface area contributed by atoms with Crippen molar-refractivity contribution in [2.45, 2.75) is 0 Å². The number of carbonyl (C=O) groups is 1. The third-order valence-electron chi connectivity index (χ3n) is 2.88. The van der Waals surface area contributed by atoms with Crippen molar-refractivity contribution in [1.29, 1.82) is 0 Å². The van der Waals surface area contributed by atoms with Crippen molar-refractivity contribution in [2.24, 2.45) is 0 Å². The van der Waals surface area contributed by atoms with Crippen LogP contribution in [0.5, 0.6) is 0 Å². The monoisotopic (exact) mass is 229 g/mol. The second-order valence-electron chi connectivity index (χ2n) is 3.98. The molecule has 1 aliphatic heterocycles. The summed E-state index contributed by atoms with van der Waals surface area (Å²) in [5.74, 6) is 0. The quantitative estimate of drug-likeness (QED) is 0.809. The highest BCUT2D eigenvalue weighted by atomic mass is 16.4. The number of imidazole rings is 1. The summed E-state index contributed by atoms with van der Waals surface area (Å²) in [6.45, 7) is 0.859. The van der Waals surface area contributed by atoms with Crippen LogP contribution in [0.2, 0.25) is 0 Å². The second kappa shape index (κ2) is 3.62. The first-order chi connectivity index (χ1) is 8.24. The third-order valence-corrected chi connectivity index (χ3v) is 2.88. The molecule has 1 N–H and O–H groups in total. The molecule has 1 aliphatic rings. The van der Waals surface area contributed by atoms with Crippen LogP contribution in [0.4, 0.5) is 4.79 Å². The first-order valence-electron chi connectivity index (χ1n) is 5.35. The molecule has 2 aromatic rings. The van der Waals surface area contributed by atoms with Gasteiger partial charge in [0.25, 0.3) is 0 Å². The molecule has 5 nitrogen and oxygen atoms in total. The molecule has 0 aromatic carbocycles. The lowest BCUT2D eigenvalue weighted by Gasteiger charge is -2.10. The van der Waals surface area contributed by atoms with Crippen molar-refractivity contribution in [2.75, 3.05) is 13.1 Å². The molecule has 3 heterocycles. The maximum absolute atomic E-state index is 10.8. The van der Waals surface area contributed by atoms with Gasteiger partial charge in [-0.2, -0.15) is 0 Å². The van der Waals surface area contributed by atoms with Crippen LogP contribution in [0.15, 0.2) is 36.7 Å². The first-order valence-corrected chi connectivity index (χ1v) is 5.35. The molecule has 0 saturated heterocycles. The fourth-order valence-corrected chi connectivity index (χ4v) is 1.98. The average Bonchev–Trinajstić information content (AvgIpc) is 2.95. The van der Waals surface area contributed by atoms with Gasteiger partial charge in [-0.15, -0.1) is 0 Å². The van der Waals surface area contributed by atoms with Crippen LogP contribution in [0.1, 0.15) is 5.69 Å². The molecule has 5 heteroatoms. The molecule has 0 bridgehead atoms. The lowest BCUT2D eigenvalue weighted by Crippen LogP contribution is -2.26. The van der Waals surface area contributed by atoms with Gasteiger partial charge in [0.2, 0.25) is 0 Å². The summed E-state index contributed by atoms with van der Waals surface area (Å²) in [5.41, 5.74) is 2.69. The minimum absolute atomic E-state index is 0.416. The van der Waals surface area contributed by atoms with Gasteiger partial charge in [-0.25, -0.2) is 9.78 Å². The van der Waals surface area contributed by atoms with Crippen LogP contribution >= 0.6 is 0 Å². The summed E-state index contributed by atoms with van der Waals surface area (Å²) < 4.78 is 1.93. The van der Waals surface area contributed by atoms with E-state index in [-0.39, 0.29) is 0 Å². The van der Waals surface area contributed by atoms with Crippen LogP contribution in [0, 0.1) is 0 Å². The van der Waals surface area contributed by atoms with E-state index in [4.69, 9.17) is 5.11 Å². The van der Waals surface area contributed by atoms with Gasteiger partial charge in [0, 0.05) is 18.9 Å². The summed E-state index contributed by atoms with van der Waals surface area (Å²) in [5, 5.41) is 8.88. The summed E-state index contributed by atoms with van der Waals surface area (Å²) in [7, 11) is 0. The molecule has 0 radical (unpaired) electrons. The van der Waals surface area contributed by atoms with Gasteiger partial charge in [-0.3, -0.25) is 0 Å². The number of aromatic nitrogens is 2. The van der Waals surface area contributed by atoms with E-state index in [1.54, 1.807) is 0 Å². The van der Waals surface area contributed by atoms with E-state index in [1.807, 2.05) is 41.1 Å². The summed E-state index contributed by atoms with van der Waals surface area (Å²) in [4.78, 5) is 16.6. The zero-order valence-corrected chi connectivity index (χ0v) is 9.08. The van der Waals surface area contributed by atoms with Crippen molar-refractivity contribution in [3.8, 4) is 0 Å². The van der Waals surface area contributed by atoms with Gasteiger partial charge in [0.1, 0.15) is 5.65 Å². The Morgan fingerprint density at radius 3 is 3.00 bits per heavy atom. The largest absolute Gasteiger partial charge is 0.465 e.